The molecule has 0 unspecified atom stereocenters. The molecule has 5 rings (SSSR count). The molecule has 2 amide bonds. The van der Waals surface area contributed by atoms with Crippen LogP contribution in [0.15, 0.2) is 49.1 Å². The summed E-state index contributed by atoms with van der Waals surface area (Å²) in [7, 11) is 2.08. The van der Waals surface area contributed by atoms with Gasteiger partial charge in [-0.05, 0) is 76.5 Å². The number of amides is 2. The molecule has 1 aliphatic carbocycles. The van der Waals surface area contributed by atoms with Gasteiger partial charge in [0.1, 0.15) is 0 Å². The Morgan fingerprint density at radius 1 is 1.00 bits per heavy atom. The summed E-state index contributed by atoms with van der Waals surface area (Å²) in [4.78, 5) is 37.1. The van der Waals surface area contributed by atoms with Crippen LogP contribution < -0.4 is 0 Å². The lowest BCUT2D eigenvalue weighted by Crippen LogP contribution is -2.44. The number of carbonyl (C=O) groups excluding carboxylic acids is 2. The average Bonchev–Trinajstić information content (AvgIpc) is 3.50. The van der Waals surface area contributed by atoms with Crippen molar-refractivity contribution in [3.8, 4) is 5.69 Å². The predicted molar refractivity (Wildman–Crippen MR) is 138 cm³/mol. The van der Waals surface area contributed by atoms with E-state index in [9.17, 15) is 9.59 Å². The molecule has 184 valence electrons. The molecule has 0 spiro atoms. The molecular weight excluding hydrogens is 438 g/mol. The summed E-state index contributed by atoms with van der Waals surface area (Å²) >= 11 is 0. The highest BCUT2D eigenvalue weighted by Gasteiger charge is 2.33. The van der Waals surface area contributed by atoms with E-state index in [-0.39, 0.29) is 11.8 Å². The largest absolute Gasteiger partial charge is 0.306 e. The highest BCUT2D eigenvalue weighted by molar-refractivity contribution is 6.26. The van der Waals surface area contributed by atoms with Crippen molar-refractivity contribution in [2.45, 2.75) is 32.6 Å². The van der Waals surface area contributed by atoms with Crippen molar-refractivity contribution in [2.75, 3.05) is 46.3 Å². The molecule has 7 nitrogen and oxygen atoms in total. The number of nitrogens with zero attached hydrogens (tertiary/aromatic N) is 5. The Hall–Kier alpha value is -3.03. The monoisotopic (exact) mass is 473 g/mol. The van der Waals surface area contributed by atoms with Gasteiger partial charge in [0.25, 0.3) is 11.8 Å². The van der Waals surface area contributed by atoms with Crippen LogP contribution in [0.5, 0.6) is 0 Å². The van der Waals surface area contributed by atoms with Gasteiger partial charge in [-0.2, -0.15) is 0 Å². The van der Waals surface area contributed by atoms with Crippen molar-refractivity contribution in [1.82, 2.24) is 24.3 Å². The first-order valence-electron chi connectivity index (χ1n) is 12.9. The van der Waals surface area contributed by atoms with Crippen LogP contribution in [0.2, 0.25) is 0 Å². The quantitative estimate of drug-likeness (QED) is 0.371. The number of imide groups is 1. The van der Waals surface area contributed by atoms with Crippen molar-refractivity contribution in [3.63, 3.8) is 0 Å². The molecule has 0 bridgehead atoms. The average molecular weight is 474 g/mol. The van der Waals surface area contributed by atoms with E-state index in [1.807, 2.05) is 41.1 Å². The second-order valence-corrected chi connectivity index (χ2v) is 9.99. The Balaban J connectivity index is 1.24. The summed E-state index contributed by atoms with van der Waals surface area (Å²) in [5.74, 6) is 0.504. The molecule has 0 N–H and O–H groups in total. The molecule has 2 aromatic carbocycles. The van der Waals surface area contributed by atoms with Gasteiger partial charge in [-0.3, -0.25) is 14.5 Å². The molecule has 7 heteroatoms. The minimum atomic E-state index is -0.206. The van der Waals surface area contributed by atoms with Crippen LogP contribution in [0.1, 0.15) is 53.3 Å². The number of carbonyl (C=O) groups is 2. The third kappa shape index (κ3) is 5.02. The van der Waals surface area contributed by atoms with Crippen LogP contribution >= 0.6 is 0 Å². The van der Waals surface area contributed by atoms with Crippen molar-refractivity contribution < 1.29 is 9.59 Å². The Morgan fingerprint density at radius 2 is 1.80 bits per heavy atom. The zero-order chi connectivity index (χ0) is 24.4. The summed E-state index contributed by atoms with van der Waals surface area (Å²) in [5.41, 5.74) is 2.10. The van der Waals surface area contributed by atoms with Gasteiger partial charge in [0.05, 0.1) is 12.0 Å². The summed E-state index contributed by atoms with van der Waals surface area (Å²) in [6, 6.07) is 9.47. The molecule has 1 saturated carbocycles. The van der Waals surface area contributed by atoms with Gasteiger partial charge in [0, 0.05) is 53.9 Å². The third-order valence-electron chi connectivity index (χ3n) is 7.22. The number of benzene rings is 2. The Morgan fingerprint density at radius 3 is 2.51 bits per heavy atom. The first-order valence-corrected chi connectivity index (χ1v) is 12.9. The standard InChI is InChI=1S/C28H35N5O2/c1-3-13-31(19-21-8-9-21)15-5-14-30(2)17-18-33-27(34)23-7-4-6-22-25(32-16-12-29-20-32)11-10-24(26(22)23)28(33)35/h4,6-7,10-12,16,20-21H,3,5,8-9,13-15,17-19H2,1-2H3. The smallest absolute Gasteiger partial charge is 0.261 e. The fourth-order valence-electron chi connectivity index (χ4n) is 5.18. The molecule has 2 aliphatic rings. The van der Waals surface area contributed by atoms with Crippen LogP contribution in [0, 0.1) is 5.92 Å². The second-order valence-electron chi connectivity index (χ2n) is 9.99. The maximum absolute atomic E-state index is 13.4. The normalized spacial score (nSPS) is 15.7. The number of likely N-dealkylation sites (N-methyl/N-ethyl adjacent to an activating group) is 1. The van der Waals surface area contributed by atoms with E-state index in [0.29, 0.717) is 24.2 Å². The number of aromatic nitrogens is 2. The number of rotatable bonds is 12. The fraction of sp³-hybridized carbons (Fsp3) is 0.464. The molecular formula is C28H35N5O2. The van der Waals surface area contributed by atoms with Gasteiger partial charge in [0.2, 0.25) is 0 Å². The van der Waals surface area contributed by atoms with Crippen molar-refractivity contribution >= 4 is 22.6 Å². The molecule has 35 heavy (non-hydrogen) atoms. The SMILES string of the molecule is CCCN(CCCN(C)CCN1C(=O)c2cccc3c(-n4ccnc4)ccc(c23)C1=O)CC1CC1. The van der Waals surface area contributed by atoms with Gasteiger partial charge in [-0.1, -0.05) is 19.1 Å². The van der Waals surface area contributed by atoms with Crippen LogP contribution in [0.3, 0.4) is 0 Å². The van der Waals surface area contributed by atoms with Crippen LogP contribution in [-0.4, -0.2) is 82.4 Å². The number of imidazole rings is 1. The minimum Gasteiger partial charge on any atom is -0.306 e. The maximum Gasteiger partial charge on any atom is 0.261 e. The van der Waals surface area contributed by atoms with Gasteiger partial charge < -0.3 is 14.4 Å². The van der Waals surface area contributed by atoms with E-state index in [1.54, 1.807) is 12.5 Å². The predicted octanol–water partition coefficient (Wildman–Crippen LogP) is 4.07. The van der Waals surface area contributed by atoms with Crippen molar-refractivity contribution in [2.24, 2.45) is 5.92 Å². The van der Waals surface area contributed by atoms with E-state index in [0.717, 1.165) is 41.9 Å². The summed E-state index contributed by atoms with van der Waals surface area (Å²) < 4.78 is 1.91. The number of hydrogen-bond acceptors (Lipinski definition) is 5. The molecule has 0 radical (unpaired) electrons. The summed E-state index contributed by atoms with van der Waals surface area (Å²) in [6.45, 7) is 7.80. The van der Waals surface area contributed by atoms with E-state index >= 15 is 0 Å². The molecule has 1 aromatic heterocycles. The highest BCUT2D eigenvalue weighted by Crippen LogP contribution is 2.33. The molecule has 0 atom stereocenters. The van der Waals surface area contributed by atoms with Crippen LogP contribution in [0.4, 0.5) is 0 Å². The lowest BCUT2D eigenvalue weighted by Gasteiger charge is -2.29. The molecule has 3 aromatic rings. The highest BCUT2D eigenvalue weighted by atomic mass is 16.2. The first kappa shape index (κ1) is 23.7. The van der Waals surface area contributed by atoms with Gasteiger partial charge in [-0.25, -0.2) is 4.98 Å². The molecule has 1 fully saturated rings. The van der Waals surface area contributed by atoms with E-state index in [2.05, 4.69) is 28.8 Å². The zero-order valence-corrected chi connectivity index (χ0v) is 20.8. The lowest BCUT2D eigenvalue weighted by atomic mass is 9.93. The molecule has 1 aliphatic heterocycles. The molecule has 2 heterocycles. The lowest BCUT2D eigenvalue weighted by molar-refractivity contribution is 0.0597. The number of hydrogen-bond donors (Lipinski definition) is 0. The summed E-state index contributed by atoms with van der Waals surface area (Å²) in [5, 5.41) is 1.63. The Bertz CT molecular complexity index is 1180. The second kappa shape index (κ2) is 10.3. The van der Waals surface area contributed by atoms with Gasteiger partial charge in [0.15, 0.2) is 0 Å². The van der Waals surface area contributed by atoms with E-state index in [4.69, 9.17) is 0 Å². The topological polar surface area (TPSA) is 61.7 Å². The Labute approximate surface area is 207 Å². The van der Waals surface area contributed by atoms with Gasteiger partial charge in [-0.15, -0.1) is 0 Å². The van der Waals surface area contributed by atoms with Crippen LogP contribution in [0.25, 0.3) is 16.5 Å². The van der Waals surface area contributed by atoms with E-state index < -0.39 is 0 Å². The first-order chi connectivity index (χ1) is 17.1. The van der Waals surface area contributed by atoms with E-state index in [1.165, 1.54) is 37.3 Å². The van der Waals surface area contributed by atoms with Crippen molar-refractivity contribution in [3.05, 3.63) is 60.2 Å². The minimum absolute atomic E-state index is 0.206. The summed E-state index contributed by atoms with van der Waals surface area (Å²) in [6.07, 6.45) is 10.4. The fourth-order valence-corrected chi connectivity index (χ4v) is 5.18. The maximum atomic E-state index is 13.4. The van der Waals surface area contributed by atoms with Crippen molar-refractivity contribution in [1.29, 1.82) is 0 Å². The van der Waals surface area contributed by atoms with Gasteiger partial charge >= 0.3 is 0 Å². The molecule has 0 saturated heterocycles. The third-order valence-corrected chi connectivity index (χ3v) is 7.22. The Kier molecular flexibility index (Phi) is 6.97. The zero-order valence-electron chi connectivity index (χ0n) is 20.8. The van der Waals surface area contributed by atoms with Crippen LogP contribution in [-0.2, 0) is 0 Å².